The monoisotopic (exact) mass is 208 g/mol. The molecule has 0 spiro atoms. The van der Waals surface area contributed by atoms with Gasteiger partial charge in [0.25, 0.3) is 0 Å². The highest BCUT2D eigenvalue weighted by molar-refractivity contribution is 9.12. The van der Waals surface area contributed by atoms with E-state index in [2.05, 4.69) is 15.9 Å². The van der Waals surface area contributed by atoms with Gasteiger partial charge in [0.1, 0.15) is 4.48 Å². The molecule has 10 heavy (non-hydrogen) atoms. The van der Waals surface area contributed by atoms with Gasteiger partial charge in [0.15, 0.2) is 0 Å². The molecular weight excluding hydrogens is 204 g/mol. The number of hydrogen-bond acceptors (Lipinski definition) is 2. The van der Waals surface area contributed by atoms with Gasteiger partial charge in [-0.15, -0.1) is 0 Å². The molecule has 0 bridgehead atoms. The zero-order valence-electron chi connectivity index (χ0n) is 5.09. The Kier molecular flexibility index (Phi) is 3.08. The number of hydrogen-bond donors (Lipinski definition) is 2. The lowest BCUT2D eigenvalue weighted by molar-refractivity contribution is -0.135. The van der Waals surface area contributed by atoms with Gasteiger partial charge in [-0.3, -0.25) is 0 Å². The van der Waals surface area contributed by atoms with Crippen LogP contribution in [0.5, 0.6) is 0 Å². The highest BCUT2D eigenvalue weighted by Gasteiger charge is 2.11. The van der Waals surface area contributed by atoms with Crippen LogP contribution in [-0.4, -0.2) is 22.2 Å². The van der Waals surface area contributed by atoms with Crippen LogP contribution in [0.4, 0.5) is 0 Å². The van der Waals surface area contributed by atoms with Crippen molar-refractivity contribution in [3.8, 4) is 0 Å². The van der Waals surface area contributed by atoms with Gasteiger partial charge in [-0.25, -0.2) is 9.59 Å². The summed E-state index contributed by atoms with van der Waals surface area (Å²) in [5, 5.41) is 16.5. The number of halogens is 1. The van der Waals surface area contributed by atoms with Crippen molar-refractivity contribution in [1.29, 1.82) is 0 Å². The van der Waals surface area contributed by atoms with Crippen LogP contribution in [-0.2, 0) is 9.59 Å². The Morgan fingerprint density at radius 3 is 1.70 bits per heavy atom. The molecule has 5 heteroatoms. The standard InChI is InChI=1S/C5H5BrO4/c1-2(4(7)8)3(6)5(9)10/h1H3,(H,7,8)(H,9,10)/b3-2+. The van der Waals surface area contributed by atoms with Crippen molar-refractivity contribution in [2.24, 2.45) is 0 Å². The molecule has 56 valence electrons. The predicted molar refractivity (Wildman–Crippen MR) is 36.9 cm³/mol. The Morgan fingerprint density at radius 1 is 1.20 bits per heavy atom. The summed E-state index contributed by atoms with van der Waals surface area (Å²) in [6.07, 6.45) is 0. The first kappa shape index (κ1) is 9.16. The summed E-state index contributed by atoms with van der Waals surface area (Å²) in [6.45, 7) is 1.21. The molecule has 0 aromatic carbocycles. The summed E-state index contributed by atoms with van der Waals surface area (Å²) in [5.41, 5.74) is -0.215. The van der Waals surface area contributed by atoms with Gasteiger partial charge in [0.2, 0.25) is 0 Å². The highest BCUT2D eigenvalue weighted by Crippen LogP contribution is 2.11. The van der Waals surface area contributed by atoms with Crippen LogP contribution in [0, 0.1) is 0 Å². The van der Waals surface area contributed by atoms with E-state index in [9.17, 15) is 9.59 Å². The Balaban J connectivity index is 4.67. The third-order valence-electron chi connectivity index (χ3n) is 0.838. The fraction of sp³-hybridized carbons (Fsp3) is 0.200. The fourth-order valence-corrected chi connectivity index (χ4v) is 0.424. The first-order chi connectivity index (χ1) is 4.46. The van der Waals surface area contributed by atoms with Gasteiger partial charge in [-0.2, -0.15) is 0 Å². The van der Waals surface area contributed by atoms with Gasteiger partial charge in [-0.1, -0.05) is 0 Å². The Hall–Kier alpha value is -0.840. The molecule has 0 amide bonds. The minimum atomic E-state index is -1.28. The third-order valence-corrected chi connectivity index (χ3v) is 1.77. The number of carboxylic acids is 2. The quantitative estimate of drug-likeness (QED) is 0.660. The molecule has 0 fully saturated rings. The average Bonchev–Trinajstić information content (AvgIpc) is 1.84. The minimum Gasteiger partial charge on any atom is -0.478 e. The van der Waals surface area contributed by atoms with Crippen molar-refractivity contribution >= 4 is 27.9 Å². The molecule has 2 N–H and O–H groups in total. The average molecular weight is 209 g/mol. The molecule has 0 unspecified atom stereocenters. The molecule has 4 nitrogen and oxygen atoms in total. The summed E-state index contributed by atoms with van der Waals surface area (Å²) in [4.78, 5) is 20.2. The second kappa shape index (κ2) is 3.36. The summed E-state index contributed by atoms with van der Waals surface area (Å²) in [6, 6.07) is 0. The van der Waals surface area contributed by atoms with Crippen LogP contribution in [0.15, 0.2) is 10.1 Å². The third kappa shape index (κ3) is 2.18. The number of rotatable bonds is 2. The van der Waals surface area contributed by atoms with E-state index >= 15 is 0 Å². The molecule has 0 aliphatic heterocycles. The normalized spacial score (nSPS) is 12.2. The van der Waals surface area contributed by atoms with E-state index in [0.717, 1.165) is 0 Å². The molecule has 0 aromatic heterocycles. The van der Waals surface area contributed by atoms with Crippen molar-refractivity contribution < 1.29 is 19.8 Å². The first-order valence-electron chi connectivity index (χ1n) is 2.29. The summed E-state index contributed by atoms with van der Waals surface area (Å²) in [7, 11) is 0. The lowest BCUT2D eigenvalue weighted by atomic mass is 10.3. The Labute approximate surface area is 65.3 Å². The summed E-state index contributed by atoms with van der Waals surface area (Å²) >= 11 is 2.61. The van der Waals surface area contributed by atoms with Crippen LogP contribution in [0.3, 0.4) is 0 Å². The highest BCUT2D eigenvalue weighted by atomic mass is 79.9. The van der Waals surface area contributed by atoms with Crippen molar-refractivity contribution in [1.82, 2.24) is 0 Å². The molecule has 0 atom stereocenters. The zero-order chi connectivity index (χ0) is 8.31. The maximum Gasteiger partial charge on any atom is 0.343 e. The Morgan fingerprint density at radius 2 is 1.60 bits per heavy atom. The van der Waals surface area contributed by atoms with Gasteiger partial charge in [-0.05, 0) is 22.9 Å². The second-order valence-electron chi connectivity index (χ2n) is 1.55. The SMILES string of the molecule is C/C(C(=O)O)=C(\Br)C(=O)O. The largest absolute Gasteiger partial charge is 0.478 e. The Bertz CT molecular complexity index is 184. The molecule has 0 rings (SSSR count). The van der Waals surface area contributed by atoms with Crippen LogP contribution in [0.1, 0.15) is 6.92 Å². The van der Waals surface area contributed by atoms with E-state index in [0.29, 0.717) is 0 Å². The number of carbonyl (C=O) groups is 2. The summed E-state index contributed by atoms with van der Waals surface area (Å²) in [5.74, 6) is -2.52. The van der Waals surface area contributed by atoms with Gasteiger partial charge >= 0.3 is 11.9 Å². The van der Waals surface area contributed by atoms with Crippen LogP contribution in [0.2, 0.25) is 0 Å². The van der Waals surface area contributed by atoms with E-state index in [4.69, 9.17) is 10.2 Å². The topological polar surface area (TPSA) is 74.6 Å². The maximum absolute atomic E-state index is 10.1. The summed E-state index contributed by atoms with van der Waals surface area (Å²) < 4.78 is -0.319. The van der Waals surface area contributed by atoms with Gasteiger partial charge in [0, 0.05) is 0 Å². The molecule has 0 aromatic rings. The molecule has 0 heterocycles. The van der Waals surface area contributed by atoms with E-state index in [1.807, 2.05) is 0 Å². The maximum atomic E-state index is 10.1. The van der Waals surface area contributed by atoms with Crippen LogP contribution in [0.25, 0.3) is 0 Å². The molecular formula is C5H5BrO4. The first-order valence-corrected chi connectivity index (χ1v) is 3.09. The minimum absolute atomic E-state index is 0.215. The van der Waals surface area contributed by atoms with E-state index in [1.54, 1.807) is 0 Å². The fourth-order valence-electron chi connectivity index (χ4n) is 0.254. The molecule has 0 saturated heterocycles. The van der Waals surface area contributed by atoms with Crippen molar-refractivity contribution in [2.75, 3.05) is 0 Å². The number of carboxylic acid groups (broad SMARTS) is 2. The van der Waals surface area contributed by atoms with E-state index in [1.165, 1.54) is 6.92 Å². The van der Waals surface area contributed by atoms with E-state index in [-0.39, 0.29) is 10.1 Å². The lowest BCUT2D eigenvalue weighted by Gasteiger charge is -1.93. The van der Waals surface area contributed by atoms with Gasteiger partial charge < -0.3 is 10.2 Å². The molecule has 0 aliphatic carbocycles. The molecule has 0 aliphatic rings. The smallest absolute Gasteiger partial charge is 0.343 e. The van der Waals surface area contributed by atoms with Gasteiger partial charge in [0.05, 0.1) is 5.57 Å². The van der Waals surface area contributed by atoms with Crippen LogP contribution < -0.4 is 0 Å². The van der Waals surface area contributed by atoms with Crippen molar-refractivity contribution in [3.63, 3.8) is 0 Å². The lowest BCUT2D eigenvalue weighted by Crippen LogP contribution is -2.04. The molecule has 0 saturated carbocycles. The zero-order valence-corrected chi connectivity index (χ0v) is 6.67. The van der Waals surface area contributed by atoms with Crippen LogP contribution >= 0.6 is 15.9 Å². The number of aliphatic carboxylic acids is 2. The predicted octanol–water partition coefficient (Wildman–Crippen LogP) is 0.825. The van der Waals surface area contributed by atoms with E-state index < -0.39 is 11.9 Å². The second-order valence-corrected chi connectivity index (χ2v) is 2.34. The molecule has 0 radical (unpaired) electrons. The van der Waals surface area contributed by atoms with Crippen molar-refractivity contribution in [2.45, 2.75) is 6.92 Å². The van der Waals surface area contributed by atoms with Crippen molar-refractivity contribution in [3.05, 3.63) is 10.1 Å².